The highest BCUT2D eigenvalue weighted by molar-refractivity contribution is 5.83. The van der Waals surface area contributed by atoms with Crippen molar-refractivity contribution in [3.63, 3.8) is 0 Å². The lowest BCUT2D eigenvalue weighted by molar-refractivity contribution is 0.628. The minimum absolute atomic E-state index is 0.280. The first kappa shape index (κ1) is 13.4. The molecule has 0 saturated heterocycles. The van der Waals surface area contributed by atoms with E-state index in [9.17, 15) is 4.39 Å². The Bertz CT molecular complexity index is 469. The second kappa shape index (κ2) is 5.58. The molecule has 0 saturated carbocycles. The maximum atomic E-state index is 13.9. The third-order valence-corrected chi connectivity index (χ3v) is 2.41. The van der Waals surface area contributed by atoms with Gasteiger partial charge in [-0.05, 0) is 56.5 Å². The third kappa shape index (κ3) is 3.38. The number of hydrogen-bond donors (Lipinski definition) is 0. The Morgan fingerprint density at radius 2 is 1.94 bits per heavy atom. The highest BCUT2D eigenvalue weighted by atomic mass is 19.1. The normalized spacial score (nSPS) is 11.2. The largest absolute Gasteiger partial charge is 0.255 e. The number of benzene rings is 1. The zero-order valence-corrected chi connectivity index (χ0v) is 10.8. The minimum atomic E-state index is -0.280. The monoisotopic (exact) mass is 231 g/mol. The van der Waals surface area contributed by atoms with Gasteiger partial charge < -0.3 is 0 Å². The molecule has 0 aliphatic rings. The Morgan fingerprint density at radius 3 is 2.41 bits per heavy atom. The van der Waals surface area contributed by atoms with Gasteiger partial charge in [-0.25, -0.2) is 4.39 Å². The maximum Gasteiger partial charge on any atom is 0.149 e. The van der Waals surface area contributed by atoms with E-state index in [-0.39, 0.29) is 5.82 Å². The van der Waals surface area contributed by atoms with E-state index < -0.39 is 0 Å². The lowest BCUT2D eigenvalue weighted by Gasteiger charge is -2.07. The Balaban J connectivity index is 3.32. The van der Waals surface area contributed by atoms with Gasteiger partial charge in [0.2, 0.25) is 0 Å². The van der Waals surface area contributed by atoms with Gasteiger partial charge in [-0.1, -0.05) is 18.7 Å². The van der Waals surface area contributed by atoms with Crippen molar-refractivity contribution in [1.29, 1.82) is 0 Å². The number of hydrogen-bond acceptors (Lipinski definition) is 1. The SMILES string of the molecule is C=C/C=C(\C)c1cc(C)c(N=C(C)C)c(F)c1. The van der Waals surface area contributed by atoms with Crippen molar-refractivity contribution in [1.82, 2.24) is 0 Å². The van der Waals surface area contributed by atoms with Crippen LogP contribution in [-0.2, 0) is 0 Å². The molecule has 1 nitrogen and oxygen atoms in total. The highest BCUT2D eigenvalue weighted by Crippen LogP contribution is 2.27. The summed E-state index contributed by atoms with van der Waals surface area (Å²) in [5.41, 5.74) is 3.98. The fraction of sp³-hybridized carbons (Fsp3) is 0.267. The molecule has 0 atom stereocenters. The first-order valence-corrected chi connectivity index (χ1v) is 5.57. The molecule has 0 aromatic heterocycles. The molecule has 1 aromatic carbocycles. The Hall–Kier alpha value is -1.70. The van der Waals surface area contributed by atoms with E-state index in [1.807, 2.05) is 39.8 Å². The molecule has 2 heteroatoms. The summed E-state index contributed by atoms with van der Waals surface area (Å²) in [5.74, 6) is -0.280. The summed E-state index contributed by atoms with van der Waals surface area (Å²) >= 11 is 0. The van der Waals surface area contributed by atoms with E-state index in [1.165, 1.54) is 6.07 Å². The van der Waals surface area contributed by atoms with Crippen LogP contribution in [0.25, 0.3) is 5.57 Å². The van der Waals surface area contributed by atoms with Gasteiger partial charge >= 0.3 is 0 Å². The van der Waals surface area contributed by atoms with Crippen LogP contribution in [0.2, 0.25) is 0 Å². The van der Waals surface area contributed by atoms with E-state index >= 15 is 0 Å². The van der Waals surface area contributed by atoms with Crippen LogP contribution >= 0.6 is 0 Å². The van der Waals surface area contributed by atoms with E-state index in [2.05, 4.69) is 11.6 Å². The third-order valence-electron chi connectivity index (χ3n) is 2.41. The molecule has 0 bridgehead atoms. The summed E-state index contributed by atoms with van der Waals surface area (Å²) in [5, 5.41) is 0. The molecular weight excluding hydrogens is 213 g/mol. The molecule has 90 valence electrons. The second-order valence-corrected chi connectivity index (χ2v) is 4.27. The predicted molar refractivity (Wildman–Crippen MR) is 73.4 cm³/mol. The molecule has 0 amide bonds. The van der Waals surface area contributed by atoms with Crippen molar-refractivity contribution in [3.05, 3.63) is 47.8 Å². The van der Waals surface area contributed by atoms with Crippen LogP contribution in [0, 0.1) is 12.7 Å². The fourth-order valence-electron chi connectivity index (χ4n) is 1.60. The summed E-state index contributed by atoms with van der Waals surface area (Å²) in [6.45, 7) is 11.2. The van der Waals surface area contributed by atoms with Crippen LogP contribution in [-0.4, -0.2) is 5.71 Å². The molecule has 0 heterocycles. The van der Waals surface area contributed by atoms with Gasteiger partial charge in [-0.2, -0.15) is 0 Å². The topological polar surface area (TPSA) is 12.4 Å². The first-order valence-electron chi connectivity index (χ1n) is 5.57. The van der Waals surface area contributed by atoms with Gasteiger partial charge in [-0.3, -0.25) is 4.99 Å². The van der Waals surface area contributed by atoms with Gasteiger partial charge in [0.05, 0.1) is 0 Å². The van der Waals surface area contributed by atoms with Crippen molar-refractivity contribution < 1.29 is 4.39 Å². The molecule has 0 spiro atoms. The van der Waals surface area contributed by atoms with E-state index in [1.54, 1.807) is 6.08 Å². The van der Waals surface area contributed by atoms with E-state index in [4.69, 9.17) is 0 Å². The summed E-state index contributed by atoms with van der Waals surface area (Å²) in [6.07, 6.45) is 3.56. The Morgan fingerprint density at radius 1 is 1.29 bits per heavy atom. The van der Waals surface area contributed by atoms with Crippen LogP contribution in [0.3, 0.4) is 0 Å². The molecule has 0 aliphatic heterocycles. The summed E-state index contributed by atoms with van der Waals surface area (Å²) < 4.78 is 13.9. The zero-order valence-electron chi connectivity index (χ0n) is 10.8. The van der Waals surface area contributed by atoms with Crippen LogP contribution in [0.1, 0.15) is 31.9 Å². The van der Waals surface area contributed by atoms with Crippen molar-refractivity contribution in [2.45, 2.75) is 27.7 Å². The van der Waals surface area contributed by atoms with Crippen molar-refractivity contribution in [2.24, 2.45) is 4.99 Å². The Labute approximate surface area is 102 Å². The summed E-state index contributed by atoms with van der Waals surface area (Å²) in [7, 11) is 0. The average molecular weight is 231 g/mol. The van der Waals surface area contributed by atoms with Crippen molar-refractivity contribution >= 4 is 17.0 Å². The molecule has 0 fully saturated rings. The molecule has 0 N–H and O–H groups in total. The number of aliphatic imine (C=N–C) groups is 1. The van der Waals surface area contributed by atoms with Gasteiger partial charge in [0.15, 0.2) is 0 Å². The van der Waals surface area contributed by atoms with Crippen molar-refractivity contribution in [2.75, 3.05) is 0 Å². The standard InChI is InChI=1S/C15H18FN/c1-6-7-11(4)13-8-12(5)15(14(16)9-13)17-10(2)3/h6-9H,1H2,2-5H3/b11-7+. The average Bonchev–Trinajstić information content (AvgIpc) is 2.23. The number of rotatable bonds is 3. The quantitative estimate of drug-likeness (QED) is 0.521. The number of halogens is 1. The molecule has 0 unspecified atom stereocenters. The molecule has 0 radical (unpaired) electrons. The van der Waals surface area contributed by atoms with Gasteiger partial charge in [0.25, 0.3) is 0 Å². The smallest absolute Gasteiger partial charge is 0.149 e. The second-order valence-electron chi connectivity index (χ2n) is 4.27. The minimum Gasteiger partial charge on any atom is -0.255 e. The Kier molecular flexibility index (Phi) is 4.38. The van der Waals surface area contributed by atoms with Gasteiger partial charge in [0, 0.05) is 5.71 Å². The number of nitrogens with zero attached hydrogens (tertiary/aromatic N) is 1. The van der Waals surface area contributed by atoms with Crippen LogP contribution in [0.4, 0.5) is 10.1 Å². The first-order chi connectivity index (χ1) is 7.95. The highest BCUT2D eigenvalue weighted by Gasteiger charge is 2.08. The number of allylic oxidation sites excluding steroid dienone is 3. The molecule has 17 heavy (non-hydrogen) atoms. The van der Waals surface area contributed by atoms with Crippen LogP contribution in [0.5, 0.6) is 0 Å². The molecular formula is C15H18FN. The van der Waals surface area contributed by atoms with Crippen LogP contribution < -0.4 is 0 Å². The maximum absolute atomic E-state index is 13.9. The zero-order chi connectivity index (χ0) is 13.0. The fourth-order valence-corrected chi connectivity index (χ4v) is 1.60. The molecule has 1 aromatic rings. The number of aryl methyl sites for hydroxylation is 1. The van der Waals surface area contributed by atoms with Crippen molar-refractivity contribution in [3.8, 4) is 0 Å². The lowest BCUT2D eigenvalue weighted by atomic mass is 10.0. The molecule has 1 rings (SSSR count). The van der Waals surface area contributed by atoms with E-state index in [0.29, 0.717) is 5.69 Å². The van der Waals surface area contributed by atoms with Gasteiger partial charge in [-0.15, -0.1) is 0 Å². The van der Waals surface area contributed by atoms with Gasteiger partial charge in [0.1, 0.15) is 11.5 Å². The lowest BCUT2D eigenvalue weighted by Crippen LogP contribution is -1.90. The molecule has 0 aliphatic carbocycles. The van der Waals surface area contributed by atoms with Crippen LogP contribution in [0.15, 0.2) is 35.9 Å². The van der Waals surface area contributed by atoms with E-state index in [0.717, 1.165) is 22.4 Å². The summed E-state index contributed by atoms with van der Waals surface area (Å²) in [4.78, 5) is 4.21. The predicted octanol–water partition coefficient (Wildman–Crippen LogP) is 4.84. The summed E-state index contributed by atoms with van der Waals surface area (Å²) in [6, 6.07) is 3.46.